The van der Waals surface area contributed by atoms with Crippen molar-refractivity contribution in [2.24, 2.45) is 0 Å². The molecule has 0 spiro atoms. The lowest BCUT2D eigenvalue weighted by atomic mass is 9.95. The molecule has 0 bridgehead atoms. The predicted molar refractivity (Wildman–Crippen MR) is 112 cm³/mol. The number of hydrogen-bond acceptors (Lipinski definition) is 3. The van der Waals surface area contributed by atoms with Crippen LogP contribution in [0.1, 0.15) is 42.4 Å². The number of nitrogens with one attached hydrogen (secondary N) is 1. The molecule has 0 aromatic heterocycles. The smallest absolute Gasteiger partial charge is 0.0891 e. The van der Waals surface area contributed by atoms with Crippen molar-refractivity contribution in [1.29, 1.82) is 0 Å². The van der Waals surface area contributed by atoms with Gasteiger partial charge in [-0.05, 0) is 62.4 Å². The molecule has 144 valence electrons. The average Bonchev–Trinajstić information content (AvgIpc) is 3.18. The van der Waals surface area contributed by atoms with Gasteiger partial charge in [-0.3, -0.25) is 9.80 Å². The Morgan fingerprint density at radius 2 is 2.00 bits per heavy atom. The molecule has 1 N–H and O–H groups in total. The topological polar surface area (TPSA) is 18.5 Å². The third-order valence-electron chi connectivity index (χ3n) is 5.72. The van der Waals surface area contributed by atoms with Crippen LogP contribution < -0.4 is 5.32 Å². The number of alkyl halides is 1. The van der Waals surface area contributed by atoms with Crippen LogP contribution in [-0.2, 0) is 12.8 Å². The Labute approximate surface area is 164 Å². The van der Waals surface area contributed by atoms with Crippen molar-refractivity contribution in [3.05, 3.63) is 47.0 Å². The van der Waals surface area contributed by atoms with Gasteiger partial charge in [0.25, 0.3) is 0 Å². The second kappa shape index (κ2) is 10.5. The Balaban J connectivity index is 1.53. The lowest BCUT2D eigenvalue weighted by molar-refractivity contribution is 0.208. The molecule has 2 saturated heterocycles. The number of piperidine rings is 1. The van der Waals surface area contributed by atoms with Crippen LogP contribution in [0.5, 0.6) is 0 Å². The molecule has 2 aliphatic rings. The molecule has 3 nitrogen and oxygen atoms in total. The fourth-order valence-corrected chi connectivity index (χ4v) is 4.42. The zero-order chi connectivity index (χ0) is 18.2. The first kappa shape index (κ1) is 19.9. The molecule has 0 amide bonds. The highest BCUT2D eigenvalue weighted by Gasteiger charge is 2.20. The zero-order valence-corrected chi connectivity index (χ0v) is 17.0. The molecule has 0 saturated carbocycles. The van der Waals surface area contributed by atoms with E-state index in [0.29, 0.717) is 0 Å². The van der Waals surface area contributed by atoms with E-state index in [1.165, 1.54) is 42.5 Å². The fourth-order valence-electron chi connectivity index (χ4n) is 4.07. The highest BCUT2D eigenvalue weighted by molar-refractivity contribution is 6.20. The molecule has 1 aromatic carbocycles. The summed E-state index contributed by atoms with van der Waals surface area (Å²) >= 11 is 6.80. The van der Waals surface area contributed by atoms with Gasteiger partial charge in [0.1, 0.15) is 0 Å². The summed E-state index contributed by atoms with van der Waals surface area (Å²) in [5, 5.41) is 3.37. The molecule has 2 heterocycles. The summed E-state index contributed by atoms with van der Waals surface area (Å²) in [6, 6.07) is 6.72. The van der Waals surface area contributed by atoms with E-state index in [2.05, 4.69) is 52.4 Å². The summed E-state index contributed by atoms with van der Waals surface area (Å²) < 4.78 is 0. The van der Waals surface area contributed by atoms with Crippen LogP contribution in [0.2, 0.25) is 0 Å². The van der Waals surface area contributed by atoms with Gasteiger partial charge >= 0.3 is 0 Å². The van der Waals surface area contributed by atoms with Gasteiger partial charge in [-0.2, -0.15) is 0 Å². The normalized spacial score (nSPS) is 20.8. The van der Waals surface area contributed by atoms with Crippen LogP contribution in [0.3, 0.4) is 0 Å². The van der Waals surface area contributed by atoms with E-state index in [1.54, 1.807) is 0 Å². The summed E-state index contributed by atoms with van der Waals surface area (Å²) in [4.78, 5) is 4.90. The second-order valence-corrected chi connectivity index (χ2v) is 8.20. The van der Waals surface area contributed by atoms with E-state index in [-0.39, 0.29) is 5.50 Å². The third-order valence-corrected chi connectivity index (χ3v) is 6.15. The molecule has 2 aliphatic heterocycles. The molecule has 4 heteroatoms. The number of hydrogen-bond donors (Lipinski definition) is 1. The van der Waals surface area contributed by atoms with Crippen molar-refractivity contribution in [2.75, 3.05) is 39.4 Å². The average molecular weight is 376 g/mol. The lowest BCUT2D eigenvalue weighted by Gasteiger charge is -2.31. The molecule has 3 rings (SSSR count). The van der Waals surface area contributed by atoms with Gasteiger partial charge in [0.2, 0.25) is 0 Å². The maximum Gasteiger partial charge on any atom is 0.0891 e. The SMILES string of the molecule is Cc1cccc(CC/C=C\CN2CCNC2)c1CC(Cl)N1CCCCC1. The minimum absolute atomic E-state index is 0.133. The summed E-state index contributed by atoms with van der Waals surface area (Å²) in [5.74, 6) is 0. The van der Waals surface area contributed by atoms with E-state index in [4.69, 9.17) is 11.6 Å². The van der Waals surface area contributed by atoms with Crippen molar-refractivity contribution in [3.63, 3.8) is 0 Å². The Bertz CT molecular complexity index is 575. The molecular weight excluding hydrogens is 342 g/mol. The van der Waals surface area contributed by atoms with Crippen LogP contribution in [0.15, 0.2) is 30.4 Å². The van der Waals surface area contributed by atoms with Crippen LogP contribution in [0.4, 0.5) is 0 Å². The monoisotopic (exact) mass is 375 g/mol. The molecule has 0 radical (unpaired) electrons. The maximum atomic E-state index is 6.80. The molecule has 1 unspecified atom stereocenters. The van der Waals surface area contributed by atoms with Crippen molar-refractivity contribution in [2.45, 2.75) is 50.9 Å². The first-order valence-electron chi connectivity index (χ1n) is 10.3. The first-order valence-corrected chi connectivity index (χ1v) is 10.7. The van der Waals surface area contributed by atoms with Crippen molar-refractivity contribution in [3.8, 4) is 0 Å². The van der Waals surface area contributed by atoms with E-state index >= 15 is 0 Å². The van der Waals surface area contributed by atoms with Gasteiger partial charge in [-0.1, -0.05) is 36.8 Å². The van der Waals surface area contributed by atoms with Crippen LogP contribution >= 0.6 is 11.6 Å². The summed E-state index contributed by atoms with van der Waals surface area (Å²) in [5.41, 5.74) is 4.46. The second-order valence-electron chi connectivity index (χ2n) is 7.69. The fraction of sp³-hybridized carbons (Fsp3) is 0.636. The maximum absolute atomic E-state index is 6.80. The highest BCUT2D eigenvalue weighted by Crippen LogP contribution is 2.23. The third kappa shape index (κ3) is 5.82. The molecular formula is C22H34ClN3. The van der Waals surface area contributed by atoms with Gasteiger partial charge in [-0.25, -0.2) is 0 Å². The van der Waals surface area contributed by atoms with Crippen molar-refractivity contribution in [1.82, 2.24) is 15.1 Å². The Morgan fingerprint density at radius 3 is 2.77 bits per heavy atom. The number of benzene rings is 1. The number of rotatable bonds is 8. The van der Waals surface area contributed by atoms with Gasteiger partial charge < -0.3 is 5.32 Å². The van der Waals surface area contributed by atoms with E-state index in [0.717, 1.165) is 52.1 Å². The number of halogens is 1. The van der Waals surface area contributed by atoms with Gasteiger partial charge in [0, 0.05) is 32.7 Å². The quantitative estimate of drug-likeness (QED) is 0.422. The van der Waals surface area contributed by atoms with E-state index in [9.17, 15) is 0 Å². The van der Waals surface area contributed by atoms with Crippen LogP contribution in [0, 0.1) is 6.92 Å². The molecule has 2 fully saturated rings. The van der Waals surface area contributed by atoms with Crippen LogP contribution in [0.25, 0.3) is 0 Å². The Morgan fingerprint density at radius 1 is 1.15 bits per heavy atom. The van der Waals surface area contributed by atoms with E-state index < -0.39 is 0 Å². The molecule has 1 atom stereocenters. The number of allylic oxidation sites excluding steroid dienone is 1. The summed E-state index contributed by atoms with van der Waals surface area (Å²) in [6.07, 6.45) is 11.8. The predicted octanol–water partition coefficient (Wildman–Crippen LogP) is 3.94. The first-order chi connectivity index (χ1) is 12.7. The summed E-state index contributed by atoms with van der Waals surface area (Å²) in [6.45, 7) is 8.92. The Hall–Kier alpha value is -0.870. The molecule has 26 heavy (non-hydrogen) atoms. The highest BCUT2D eigenvalue weighted by atomic mass is 35.5. The van der Waals surface area contributed by atoms with Gasteiger partial charge in [0.05, 0.1) is 5.50 Å². The number of aryl methyl sites for hydroxylation is 2. The van der Waals surface area contributed by atoms with Gasteiger partial charge in [0.15, 0.2) is 0 Å². The molecule has 0 aliphatic carbocycles. The standard InChI is InChI=1S/C22H34ClN3/c1-19-9-8-11-20(10-4-2-5-13-25-16-12-24-18-25)21(19)17-22(23)26-14-6-3-7-15-26/h2,5,8-9,11,22,24H,3-4,6-7,10,12-18H2,1H3/b5-2-. The number of nitrogens with zero attached hydrogens (tertiary/aromatic N) is 2. The lowest BCUT2D eigenvalue weighted by Crippen LogP contribution is -2.37. The van der Waals surface area contributed by atoms with Crippen molar-refractivity contribution < 1.29 is 0 Å². The van der Waals surface area contributed by atoms with Crippen LogP contribution in [-0.4, -0.2) is 54.7 Å². The Kier molecular flexibility index (Phi) is 8.00. The minimum atomic E-state index is 0.133. The minimum Gasteiger partial charge on any atom is -0.303 e. The van der Waals surface area contributed by atoms with Crippen molar-refractivity contribution >= 4 is 11.6 Å². The van der Waals surface area contributed by atoms with Gasteiger partial charge in [-0.15, -0.1) is 11.6 Å². The largest absolute Gasteiger partial charge is 0.303 e. The van der Waals surface area contributed by atoms with E-state index in [1.807, 2.05) is 0 Å². The molecule has 1 aromatic rings. The summed E-state index contributed by atoms with van der Waals surface area (Å²) in [7, 11) is 0. The zero-order valence-electron chi connectivity index (χ0n) is 16.2. The number of likely N-dealkylation sites (tertiary alicyclic amines) is 1.